The molecule has 3 aromatic rings. The van der Waals surface area contributed by atoms with Crippen molar-refractivity contribution in [2.75, 3.05) is 13.4 Å². The molecule has 2 aromatic carbocycles. The van der Waals surface area contributed by atoms with E-state index in [1.54, 1.807) is 18.2 Å². The number of ketones is 1. The Morgan fingerprint density at radius 3 is 2.37 bits per heavy atom. The van der Waals surface area contributed by atoms with Crippen LogP contribution < -0.4 is 0 Å². The number of nitrogens with one attached hydrogen (secondary N) is 1. The summed E-state index contributed by atoms with van der Waals surface area (Å²) in [5.41, 5.74) is 1.67. The van der Waals surface area contributed by atoms with E-state index in [4.69, 9.17) is 16.3 Å². The van der Waals surface area contributed by atoms with E-state index in [-0.39, 0.29) is 22.8 Å². The van der Waals surface area contributed by atoms with Crippen molar-refractivity contribution in [1.29, 1.82) is 0 Å². The van der Waals surface area contributed by atoms with Crippen molar-refractivity contribution in [1.82, 2.24) is 4.98 Å². The van der Waals surface area contributed by atoms with Gasteiger partial charge in [0.1, 0.15) is 0 Å². The minimum atomic E-state index is -3.36. The van der Waals surface area contributed by atoms with Gasteiger partial charge < -0.3 is 9.72 Å². The highest BCUT2D eigenvalue weighted by atomic mass is 35.5. The number of rotatable bonds is 5. The van der Waals surface area contributed by atoms with Crippen molar-refractivity contribution in [2.24, 2.45) is 0 Å². The van der Waals surface area contributed by atoms with Crippen LogP contribution in [-0.4, -0.2) is 38.5 Å². The van der Waals surface area contributed by atoms with Crippen molar-refractivity contribution >= 4 is 44.1 Å². The summed E-state index contributed by atoms with van der Waals surface area (Å²) in [5, 5.41) is 1.19. The third-order valence-corrected chi connectivity index (χ3v) is 5.55. The maximum atomic E-state index is 13.0. The second-order valence-electron chi connectivity index (χ2n) is 6.05. The Morgan fingerprint density at radius 2 is 1.78 bits per heavy atom. The molecule has 140 valence electrons. The summed E-state index contributed by atoms with van der Waals surface area (Å²) in [6.45, 7) is 0. The van der Waals surface area contributed by atoms with E-state index in [0.29, 0.717) is 27.1 Å². The van der Waals surface area contributed by atoms with Crippen molar-refractivity contribution in [2.45, 2.75) is 11.3 Å². The van der Waals surface area contributed by atoms with E-state index >= 15 is 0 Å². The van der Waals surface area contributed by atoms with Crippen molar-refractivity contribution < 1.29 is 22.7 Å². The molecule has 0 bridgehead atoms. The Kier molecular flexibility index (Phi) is 5.08. The Morgan fingerprint density at radius 1 is 1.11 bits per heavy atom. The fraction of sp³-hybridized carbons (Fsp3) is 0.158. The van der Waals surface area contributed by atoms with Gasteiger partial charge in [0.25, 0.3) is 0 Å². The molecule has 1 N–H and O–H groups in total. The molecular weight excluding hydrogens is 390 g/mol. The lowest BCUT2D eigenvalue weighted by Gasteiger charge is -2.05. The summed E-state index contributed by atoms with van der Waals surface area (Å²) in [5.74, 6) is -0.839. The molecule has 0 aliphatic rings. The van der Waals surface area contributed by atoms with E-state index in [9.17, 15) is 18.0 Å². The lowest BCUT2D eigenvalue weighted by molar-refractivity contribution is -0.139. The molecule has 0 atom stereocenters. The number of ether oxygens (including phenoxy) is 1. The highest BCUT2D eigenvalue weighted by Gasteiger charge is 2.22. The number of hydrogen-bond donors (Lipinski definition) is 1. The zero-order chi connectivity index (χ0) is 19.8. The summed E-state index contributed by atoms with van der Waals surface area (Å²) in [7, 11) is -2.08. The van der Waals surface area contributed by atoms with Crippen LogP contribution in [0.5, 0.6) is 0 Å². The predicted molar refractivity (Wildman–Crippen MR) is 102 cm³/mol. The summed E-state index contributed by atoms with van der Waals surface area (Å²) in [4.78, 5) is 27.9. The minimum absolute atomic E-state index is 0.0827. The average Bonchev–Trinajstić information content (AvgIpc) is 2.97. The molecule has 6 nitrogen and oxygen atoms in total. The van der Waals surface area contributed by atoms with Crippen molar-refractivity contribution in [3.8, 4) is 0 Å². The molecule has 27 heavy (non-hydrogen) atoms. The van der Waals surface area contributed by atoms with Crippen LogP contribution in [0.4, 0.5) is 0 Å². The zero-order valence-corrected chi connectivity index (χ0v) is 16.1. The number of carbonyl (C=O) groups excluding carboxylic acids is 2. The molecule has 1 heterocycles. The zero-order valence-electron chi connectivity index (χ0n) is 14.6. The highest BCUT2D eigenvalue weighted by Crippen LogP contribution is 2.28. The molecule has 0 unspecified atom stereocenters. The maximum Gasteiger partial charge on any atom is 0.310 e. The van der Waals surface area contributed by atoms with Crippen LogP contribution in [0.3, 0.4) is 0 Å². The lowest BCUT2D eigenvalue weighted by Crippen LogP contribution is -2.10. The Balaban J connectivity index is 2.10. The quantitative estimate of drug-likeness (QED) is 0.519. The van der Waals surface area contributed by atoms with E-state index in [2.05, 4.69) is 4.98 Å². The number of benzene rings is 2. The van der Waals surface area contributed by atoms with E-state index < -0.39 is 15.8 Å². The number of aromatic amines is 1. The van der Waals surface area contributed by atoms with E-state index in [1.807, 2.05) is 0 Å². The van der Waals surface area contributed by atoms with Gasteiger partial charge in [-0.2, -0.15) is 0 Å². The molecule has 0 saturated carbocycles. The normalized spacial score (nSPS) is 11.5. The van der Waals surface area contributed by atoms with Gasteiger partial charge in [-0.25, -0.2) is 8.42 Å². The first-order valence-electron chi connectivity index (χ1n) is 7.92. The standard InChI is InChI=1S/C19H16ClNO5S/c1-26-17(22)10-15-14-8-5-12(20)9-16(14)21-18(15)19(23)11-3-6-13(7-4-11)27(2,24)25/h3-9,21H,10H2,1-2H3. The van der Waals surface area contributed by atoms with Crippen LogP contribution in [0.2, 0.25) is 5.02 Å². The van der Waals surface area contributed by atoms with Gasteiger partial charge in [0, 0.05) is 33.3 Å². The average molecular weight is 406 g/mol. The number of carbonyl (C=O) groups is 2. The molecule has 0 fully saturated rings. The first-order valence-corrected chi connectivity index (χ1v) is 10.2. The molecule has 0 aliphatic heterocycles. The third kappa shape index (κ3) is 3.89. The summed E-state index contributed by atoms with van der Waals surface area (Å²) in [6, 6.07) is 10.7. The molecule has 0 spiro atoms. The Bertz CT molecular complexity index is 1150. The minimum Gasteiger partial charge on any atom is -0.469 e. The molecule has 8 heteroatoms. The Hall–Kier alpha value is -2.64. The largest absolute Gasteiger partial charge is 0.469 e. The maximum absolute atomic E-state index is 13.0. The number of aromatic nitrogens is 1. The van der Waals surface area contributed by atoms with E-state index in [1.165, 1.54) is 31.4 Å². The van der Waals surface area contributed by atoms with Gasteiger partial charge in [-0.1, -0.05) is 17.7 Å². The summed E-state index contributed by atoms with van der Waals surface area (Å²) >= 11 is 6.02. The van der Waals surface area contributed by atoms with Crippen molar-refractivity contribution in [3.05, 3.63) is 64.3 Å². The molecule has 0 radical (unpaired) electrons. The number of H-pyrrole nitrogens is 1. The first kappa shape index (κ1) is 19.1. The van der Waals surface area contributed by atoms with Crippen LogP contribution in [-0.2, 0) is 25.8 Å². The third-order valence-electron chi connectivity index (χ3n) is 4.19. The van der Waals surface area contributed by atoms with Gasteiger partial charge in [0.15, 0.2) is 9.84 Å². The SMILES string of the molecule is COC(=O)Cc1c(C(=O)c2ccc(S(C)(=O)=O)cc2)[nH]c2cc(Cl)ccc12. The summed E-state index contributed by atoms with van der Waals surface area (Å²) < 4.78 is 27.9. The number of halogens is 1. The van der Waals surface area contributed by atoms with Gasteiger partial charge >= 0.3 is 5.97 Å². The molecule has 0 aliphatic carbocycles. The lowest BCUT2D eigenvalue weighted by atomic mass is 10.0. The fourth-order valence-electron chi connectivity index (χ4n) is 2.82. The number of hydrogen-bond acceptors (Lipinski definition) is 5. The molecular formula is C19H16ClNO5S. The molecule has 0 saturated heterocycles. The van der Waals surface area contributed by atoms with Gasteiger partial charge in [-0.3, -0.25) is 9.59 Å². The molecule has 1 aromatic heterocycles. The topological polar surface area (TPSA) is 93.3 Å². The molecule has 3 rings (SSSR count). The number of esters is 1. The second kappa shape index (κ2) is 7.17. The van der Waals surface area contributed by atoms with E-state index in [0.717, 1.165) is 6.26 Å². The summed E-state index contributed by atoms with van der Waals surface area (Å²) in [6.07, 6.45) is 1.01. The fourth-order valence-corrected chi connectivity index (χ4v) is 3.62. The second-order valence-corrected chi connectivity index (χ2v) is 8.50. The van der Waals surface area contributed by atoms with Gasteiger partial charge in [-0.05, 0) is 36.4 Å². The van der Waals surface area contributed by atoms with Crippen LogP contribution in [0.25, 0.3) is 10.9 Å². The van der Waals surface area contributed by atoms with Crippen LogP contribution >= 0.6 is 11.6 Å². The van der Waals surface area contributed by atoms with Crippen molar-refractivity contribution in [3.63, 3.8) is 0 Å². The monoisotopic (exact) mass is 405 g/mol. The van der Waals surface area contributed by atoms with Crippen LogP contribution in [0.15, 0.2) is 47.4 Å². The van der Waals surface area contributed by atoms with Crippen LogP contribution in [0.1, 0.15) is 21.6 Å². The number of fused-ring (bicyclic) bond motifs is 1. The van der Waals surface area contributed by atoms with Gasteiger partial charge in [-0.15, -0.1) is 0 Å². The Labute approximate surface area is 161 Å². The molecule has 0 amide bonds. The highest BCUT2D eigenvalue weighted by molar-refractivity contribution is 7.90. The van der Waals surface area contributed by atoms with Crippen LogP contribution in [0, 0.1) is 0 Å². The predicted octanol–water partition coefficient (Wildman–Crippen LogP) is 3.17. The van der Waals surface area contributed by atoms with Gasteiger partial charge in [0.05, 0.1) is 24.1 Å². The number of methoxy groups -OCH3 is 1. The first-order chi connectivity index (χ1) is 12.7. The smallest absolute Gasteiger partial charge is 0.310 e. The van der Waals surface area contributed by atoms with Gasteiger partial charge in [0.2, 0.25) is 5.78 Å². The number of sulfone groups is 1.